The van der Waals surface area contributed by atoms with Gasteiger partial charge in [-0.2, -0.15) is 13.2 Å². The lowest BCUT2D eigenvalue weighted by molar-refractivity contribution is -0.119. The number of carbonyl (C=O) groups is 1. The standard InChI is InChI=1S/C5H7F3N2O/c1-9-4(11)2-10-3-5(6,7)8/h3H,2H2,1H3,(H,9,11)/b10-3+. The second kappa shape index (κ2) is 3.95. The quantitative estimate of drug-likeness (QED) is 0.594. The molecule has 0 saturated heterocycles. The van der Waals surface area contributed by atoms with Gasteiger partial charge in [-0.3, -0.25) is 9.79 Å². The normalized spacial score (nSPS) is 12.0. The van der Waals surface area contributed by atoms with Crippen LogP contribution in [0.2, 0.25) is 0 Å². The van der Waals surface area contributed by atoms with Gasteiger partial charge in [0.1, 0.15) is 12.8 Å². The molecule has 0 spiro atoms. The molecule has 0 fully saturated rings. The Hall–Kier alpha value is -1.07. The van der Waals surface area contributed by atoms with Gasteiger partial charge in [-0.15, -0.1) is 0 Å². The van der Waals surface area contributed by atoms with Gasteiger partial charge in [0.2, 0.25) is 5.91 Å². The Morgan fingerprint density at radius 3 is 2.55 bits per heavy atom. The Balaban J connectivity index is 3.70. The van der Waals surface area contributed by atoms with Gasteiger partial charge in [0, 0.05) is 7.05 Å². The zero-order valence-electron chi connectivity index (χ0n) is 5.77. The van der Waals surface area contributed by atoms with Crippen molar-refractivity contribution in [3.05, 3.63) is 0 Å². The lowest BCUT2D eigenvalue weighted by Gasteiger charge is -1.96. The second-order valence-electron chi connectivity index (χ2n) is 1.68. The molecule has 0 aliphatic heterocycles. The van der Waals surface area contributed by atoms with Crippen LogP contribution < -0.4 is 5.32 Å². The van der Waals surface area contributed by atoms with Crippen molar-refractivity contribution in [3.8, 4) is 0 Å². The lowest BCUT2D eigenvalue weighted by atomic mass is 10.6. The van der Waals surface area contributed by atoms with Gasteiger partial charge in [0.25, 0.3) is 0 Å². The Labute approximate surface area is 61.3 Å². The number of likely N-dealkylation sites (N-methyl/N-ethyl adjacent to an activating group) is 1. The summed E-state index contributed by atoms with van der Waals surface area (Å²) in [5.41, 5.74) is 0. The fourth-order valence-electron chi connectivity index (χ4n) is 0.311. The zero-order chi connectivity index (χ0) is 8.91. The van der Waals surface area contributed by atoms with Crippen LogP contribution in [0.3, 0.4) is 0 Å². The van der Waals surface area contributed by atoms with E-state index in [4.69, 9.17) is 0 Å². The molecular formula is C5H7F3N2O. The Bertz CT molecular complexity index is 164. The van der Waals surface area contributed by atoms with Crippen molar-refractivity contribution >= 4 is 12.1 Å². The van der Waals surface area contributed by atoms with E-state index in [1.807, 2.05) is 0 Å². The molecule has 0 bridgehead atoms. The molecule has 0 rings (SSSR count). The molecule has 0 aromatic rings. The summed E-state index contributed by atoms with van der Waals surface area (Å²) >= 11 is 0. The van der Waals surface area contributed by atoms with E-state index in [0.717, 1.165) is 0 Å². The first-order valence-corrected chi connectivity index (χ1v) is 2.74. The highest BCUT2D eigenvalue weighted by molar-refractivity contribution is 5.79. The molecule has 0 aliphatic carbocycles. The van der Waals surface area contributed by atoms with Crippen LogP contribution in [-0.4, -0.2) is 31.9 Å². The number of rotatable bonds is 2. The first-order valence-electron chi connectivity index (χ1n) is 2.74. The summed E-state index contributed by atoms with van der Waals surface area (Å²) in [5.74, 6) is -0.550. The monoisotopic (exact) mass is 168 g/mol. The first kappa shape index (κ1) is 9.93. The molecule has 0 aromatic carbocycles. The Kier molecular flexibility index (Phi) is 3.56. The van der Waals surface area contributed by atoms with Crippen LogP contribution in [0.5, 0.6) is 0 Å². The SMILES string of the molecule is CNC(=O)C/N=C/C(F)(F)F. The highest BCUT2D eigenvalue weighted by atomic mass is 19.4. The maximum Gasteiger partial charge on any atom is 0.426 e. The molecule has 6 heteroatoms. The highest BCUT2D eigenvalue weighted by Crippen LogP contribution is 2.09. The highest BCUT2D eigenvalue weighted by Gasteiger charge is 2.23. The molecule has 1 N–H and O–H groups in total. The van der Waals surface area contributed by atoms with Gasteiger partial charge in [-0.05, 0) is 0 Å². The van der Waals surface area contributed by atoms with E-state index in [0.29, 0.717) is 0 Å². The predicted octanol–water partition coefficient (Wildman–Crippen LogP) is 0.365. The number of aliphatic imine (C=N–C) groups is 1. The average molecular weight is 168 g/mol. The maximum absolute atomic E-state index is 11.3. The average Bonchev–Trinajstić information content (AvgIpc) is 1.85. The number of halogens is 3. The van der Waals surface area contributed by atoms with Crippen molar-refractivity contribution in [2.24, 2.45) is 4.99 Å². The van der Waals surface area contributed by atoms with Crippen LogP contribution in [0.15, 0.2) is 4.99 Å². The van der Waals surface area contributed by atoms with E-state index in [-0.39, 0.29) is 6.21 Å². The van der Waals surface area contributed by atoms with Crippen molar-refractivity contribution in [1.82, 2.24) is 5.32 Å². The minimum atomic E-state index is -4.44. The number of amides is 1. The molecule has 0 unspecified atom stereocenters. The molecule has 0 aromatic heterocycles. The minimum absolute atomic E-state index is 0.206. The summed E-state index contributed by atoms with van der Waals surface area (Å²) in [6.07, 6.45) is -4.64. The summed E-state index contributed by atoms with van der Waals surface area (Å²) in [7, 11) is 1.32. The maximum atomic E-state index is 11.3. The Morgan fingerprint density at radius 2 is 2.18 bits per heavy atom. The predicted molar refractivity (Wildman–Crippen MR) is 33.5 cm³/mol. The third kappa shape index (κ3) is 6.82. The van der Waals surface area contributed by atoms with E-state index in [1.165, 1.54) is 7.05 Å². The third-order valence-electron chi connectivity index (χ3n) is 0.751. The van der Waals surface area contributed by atoms with Crippen LogP contribution in [0.4, 0.5) is 13.2 Å². The minimum Gasteiger partial charge on any atom is -0.358 e. The fourth-order valence-corrected chi connectivity index (χ4v) is 0.311. The van der Waals surface area contributed by atoms with Crippen LogP contribution in [0.1, 0.15) is 0 Å². The number of nitrogens with zero attached hydrogens (tertiary/aromatic N) is 1. The molecule has 11 heavy (non-hydrogen) atoms. The van der Waals surface area contributed by atoms with Crippen molar-refractivity contribution < 1.29 is 18.0 Å². The fraction of sp³-hybridized carbons (Fsp3) is 0.600. The molecular weight excluding hydrogens is 161 g/mol. The molecule has 64 valence electrons. The molecule has 3 nitrogen and oxygen atoms in total. The molecule has 0 heterocycles. The van der Waals surface area contributed by atoms with Crippen molar-refractivity contribution in [2.75, 3.05) is 13.6 Å². The molecule has 1 amide bonds. The van der Waals surface area contributed by atoms with Gasteiger partial charge in [-0.25, -0.2) is 0 Å². The number of alkyl halides is 3. The third-order valence-corrected chi connectivity index (χ3v) is 0.751. The first-order chi connectivity index (χ1) is 4.95. The Morgan fingerprint density at radius 1 is 1.64 bits per heavy atom. The number of hydrogen-bond donors (Lipinski definition) is 1. The number of hydrogen-bond acceptors (Lipinski definition) is 2. The van der Waals surface area contributed by atoms with E-state index in [1.54, 1.807) is 0 Å². The largest absolute Gasteiger partial charge is 0.426 e. The lowest BCUT2D eigenvalue weighted by Crippen LogP contribution is -2.21. The van der Waals surface area contributed by atoms with Crippen LogP contribution in [-0.2, 0) is 4.79 Å². The number of carbonyl (C=O) groups excluding carboxylic acids is 1. The van der Waals surface area contributed by atoms with E-state index in [9.17, 15) is 18.0 Å². The van der Waals surface area contributed by atoms with Crippen LogP contribution >= 0.6 is 0 Å². The molecule has 0 saturated carbocycles. The topological polar surface area (TPSA) is 41.5 Å². The molecule has 0 aliphatic rings. The van der Waals surface area contributed by atoms with Crippen molar-refractivity contribution in [3.63, 3.8) is 0 Å². The van der Waals surface area contributed by atoms with E-state index < -0.39 is 18.6 Å². The van der Waals surface area contributed by atoms with Crippen LogP contribution in [0.25, 0.3) is 0 Å². The summed E-state index contributed by atoms with van der Waals surface area (Å²) in [4.78, 5) is 13.2. The van der Waals surface area contributed by atoms with Crippen molar-refractivity contribution in [1.29, 1.82) is 0 Å². The van der Waals surface area contributed by atoms with E-state index >= 15 is 0 Å². The second-order valence-corrected chi connectivity index (χ2v) is 1.68. The summed E-state index contributed by atoms with van der Waals surface area (Å²) in [6, 6.07) is 0. The van der Waals surface area contributed by atoms with Gasteiger partial charge in [-0.1, -0.05) is 0 Å². The van der Waals surface area contributed by atoms with Gasteiger partial charge in [0.05, 0.1) is 0 Å². The van der Waals surface area contributed by atoms with E-state index in [2.05, 4.69) is 10.3 Å². The number of nitrogens with one attached hydrogen (secondary N) is 1. The van der Waals surface area contributed by atoms with Gasteiger partial charge >= 0.3 is 6.18 Å². The summed E-state index contributed by atoms with van der Waals surface area (Å²) in [6.45, 7) is -0.490. The smallest absolute Gasteiger partial charge is 0.358 e. The summed E-state index contributed by atoms with van der Waals surface area (Å²) in [5, 5.41) is 2.13. The van der Waals surface area contributed by atoms with Crippen LogP contribution in [0, 0.1) is 0 Å². The van der Waals surface area contributed by atoms with Crippen molar-refractivity contribution in [2.45, 2.75) is 6.18 Å². The summed E-state index contributed by atoms with van der Waals surface area (Å²) < 4.78 is 34.0. The van der Waals surface area contributed by atoms with Gasteiger partial charge in [0.15, 0.2) is 0 Å². The van der Waals surface area contributed by atoms with Gasteiger partial charge < -0.3 is 5.32 Å². The molecule has 0 atom stereocenters. The molecule has 0 radical (unpaired) electrons. The zero-order valence-corrected chi connectivity index (χ0v) is 5.77.